The molecule has 0 bridgehead atoms. The van der Waals surface area contributed by atoms with Crippen molar-refractivity contribution < 1.29 is 24.2 Å². The summed E-state index contributed by atoms with van der Waals surface area (Å²) in [5.74, 6) is -1.90. The topological polar surface area (TPSA) is 118 Å². The van der Waals surface area contributed by atoms with Crippen LogP contribution in [0.5, 0.6) is 5.75 Å². The summed E-state index contributed by atoms with van der Waals surface area (Å²) in [4.78, 5) is 39.2. The Kier molecular flexibility index (Phi) is 9.31. The summed E-state index contributed by atoms with van der Waals surface area (Å²) in [6.45, 7) is 9.17. The van der Waals surface area contributed by atoms with E-state index in [1.165, 1.54) is 0 Å². The molecule has 2 aromatic rings. The van der Waals surface area contributed by atoms with Gasteiger partial charge in [-0.25, -0.2) is 9.78 Å². The Hall–Kier alpha value is -3.42. The summed E-state index contributed by atoms with van der Waals surface area (Å²) in [6, 6.07) is 7.13. The number of amides is 2. The lowest BCUT2D eigenvalue weighted by molar-refractivity contribution is -0.131. The first-order valence-corrected chi connectivity index (χ1v) is 9.31. The van der Waals surface area contributed by atoms with Crippen LogP contribution in [0.2, 0.25) is 0 Å². The van der Waals surface area contributed by atoms with Gasteiger partial charge in [0.1, 0.15) is 0 Å². The zero-order valence-electron chi connectivity index (χ0n) is 17.3. The molecule has 0 spiro atoms. The highest BCUT2D eigenvalue weighted by Gasteiger charge is 2.21. The van der Waals surface area contributed by atoms with Gasteiger partial charge in [-0.1, -0.05) is 32.0 Å². The molecule has 0 radical (unpaired) electrons. The first-order chi connectivity index (χ1) is 13.8. The quantitative estimate of drug-likeness (QED) is 0.485. The molecule has 0 saturated carbocycles. The number of carboxylic acid groups (broad SMARTS) is 1. The Labute approximate surface area is 170 Å². The summed E-state index contributed by atoms with van der Waals surface area (Å²) in [5, 5.41) is 14.4. The molecular formula is C21H27N3O5. The van der Waals surface area contributed by atoms with Gasteiger partial charge in [0, 0.05) is 23.6 Å². The van der Waals surface area contributed by atoms with E-state index < -0.39 is 11.9 Å². The van der Waals surface area contributed by atoms with Crippen LogP contribution in [0, 0.1) is 6.92 Å². The van der Waals surface area contributed by atoms with Crippen LogP contribution < -0.4 is 15.4 Å². The number of ether oxygens (including phenoxy) is 1. The fourth-order valence-corrected chi connectivity index (χ4v) is 2.44. The lowest BCUT2D eigenvalue weighted by Crippen LogP contribution is -2.32. The van der Waals surface area contributed by atoms with Crippen molar-refractivity contribution in [2.45, 2.75) is 40.7 Å². The monoisotopic (exact) mass is 401 g/mol. The number of aromatic nitrogens is 1. The molecule has 8 heteroatoms. The number of carboxylic acids is 1. The number of hydrogen-bond donors (Lipinski definition) is 3. The van der Waals surface area contributed by atoms with Crippen LogP contribution in [0.3, 0.4) is 0 Å². The Morgan fingerprint density at radius 2 is 1.83 bits per heavy atom. The minimum Gasteiger partial charge on any atom is -0.478 e. The van der Waals surface area contributed by atoms with E-state index in [0.717, 1.165) is 12.2 Å². The minimum absolute atomic E-state index is 0.0709. The third-order valence-electron chi connectivity index (χ3n) is 3.50. The average molecular weight is 401 g/mol. The van der Waals surface area contributed by atoms with Gasteiger partial charge in [0.2, 0.25) is 5.91 Å². The van der Waals surface area contributed by atoms with Crippen molar-refractivity contribution in [1.82, 2.24) is 15.6 Å². The Bertz CT molecular complexity index is 907. The molecule has 156 valence electrons. The molecular weight excluding hydrogens is 374 g/mol. The summed E-state index contributed by atoms with van der Waals surface area (Å²) in [6.07, 6.45) is 1.60. The van der Waals surface area contributed by atoms with Gasteiger partial charge < -0.3 is 20.5 Å². The number of aryl methyl sites for hydroxylation is 1. The molecule has 0 fully saturated rings. The number of benzene rings is 1. The standard InChI is InChI=1S/C19H21N3O5.C2H6/c1-11(2)21-19(26)17-13-6-4-5-7-14(13)22-12(3)18(17)27-10-20-15(23)8-9-16(24)25;1-2/h4-9,11H,10H2,1-3H3,(H,20,23)(H,21,26)(H,24,25);1-2H3/b9-8+;. The highest BCUT2D eigenvalue weighted by Crippen LogP contribution is 2.29. The van der Waals surface area contributed by atoms with E-state index in [9.17, 15) is 14.4 Å². The highest BCUT2D eigenvalue weighted by atomic mass is 16.5. The zero-order valence-corrected chi connectivity index (χ0v) is 17.3. The van der Waals surface area contributed by atoms with Crippen LogP contribution in [0.15, 0.2) is 36.4 Å². The number of carbonyl (C=O) groups is 3. The summed E-state index contributed by atoms with van der Waals surface area (Å²) in [7, 11) is 0. The molecule has 2 rings (SSSR count). The van der Waals surface area contributed by atoms with Gasteiger partial charge in [-0.2, -0.15) is 0 Å². The molecule has 1 heterocycles. The minimum atomic E-state index is -1.23. The molecule has 0 saturated heterocycles. The number of nitrogens with zero attached hydrogens (tertiary/aromatic N) is 1. The third-order valence-corrected chi connectivity index (χ3v) is 3.50. The van der Waals surface area contributed by atoms with E-state index in [1.807, 2.05) is 33.8 Å². The Balaban J connectivity index is 0.00000204. The van der Waals surface area contributed by atoms with Crippen LogP contribution in [-0.4, -0.2) is 40.6 Å². The lowest BCUT2D eigenvalue weighted by Gasteiger charge is -2.17. The molecule has 0 aliphatic heterocycles. The van der Waals surface area contributed by atoms with Gasteiger partial charge in [0.05, 0.1) is 16.8 Å². The van der Waals surface area contributed by atoms with Crippen LogP contribution in [0.4, 0.5) is 0 Å². The van der Waals surface area contributed by atoms with Crippen molar-refractivity contribution in [3.05, 3.63) is 47.7 Å². The first kappa shape index (κ1) is 23.6. The van der Waals surface area contributed by atoms with Crippen LogP contribution in [-0.2, 0) is 9.59 Å². The van der Waals surface area contributed by atoms with Gasteiger partial charge in [-0.3, -0.25) is 9.59 Å². The van der Waals surface area contributed by atoms with E-state index in [4.69, 9.17) is 9.84 Å². The van der Waals surface area contributed by atoms with E-state index in [-0.39, 0.29) is 24.4 Å². The van der Waals surface area contributed by atoms with E-state index in [1.54, 1.807) is 25.1 Å². The van der Waals surface area contributed by atoms with Gasteiger partial charge >= 0.3 is 5.97 Å². The average Bonchev–Trinajstić information content (AvgIpc) is 2.67. The molecule has 3 N–H and O–H groups in total. The summed E-state index contributed by atoms with van der Waals surface area (Å²) in [5.41, 5.74) is 1.49. The normalized spacial score (nSPS) is 10.4. The first-order valence-electron chi connectivity index (χ1n) is 9.31. The van der Waals surface area contributed by atoms with Crippen molar-refractivity contribution in [2.24, 2.45) is 0 Å². The highest BCUT2D eigenvalue weighted by molar-refractivity contribution is 6.09. The maximum Gasteiger partial charge on any atom is 0.328 e. The fraction of sp³-hybridized carbons (Fsp3) is 0.333. The van der Waals surface area contributed by atoms with E-state index in [0.29, 0.717) is 22.2 Å². The predicted octanol–water partition coefficient (Wildman–Crippen LogP) is 2.80. The van der Waals surface area contributed by atoms with Gasteiger partial charge in [-0.15, -0.1) is 0 Å². The largest absolute Gasteiger partial charge is 0.478 e. The fourth-order valence-electron chi connectivity index (χ4n) is 2.44. The van der Waals surface area contributed by atoms with Crippen molar-refractivity contribution in [2.75, 3.05) is 6.73 Å². The summed E-state index contributed by atoms with van der Waals surface area (Å²) < 4.78 is 5.62. The number of pyridine rings is 1. The van der Waals surface area contributed by atoms with Crippen molar-refractivity contribution >= 4 is 28.7 Å². The van der Waals surface area contributed by atoms with Crippen LogP contribution in [0.1, 0.15) is 43.7 Å². The molecule has 1 aromatic carbocycles. The van der Waals surface area contributed by atoms with Crippen molar-refractivity contribution in [3.8, 4) is 5.75 Å². The molecule has 0 atom stereocenters. The second kappa shape index (κ2) is 11.4. The molecule has 0 aliphatic rings. The third kappa shape index (κ3) is 6.91. The maximum absolute atomic E-state index is 12.7. The van der Waals surface area contributed by atoms with E-state index >= 15 is 0 Å². The van der Waals surface area contributed by atoms with Crippen LogP contribution >= 0.6 is 0 Å². The SMILES string of the molecule is CC.Cc1nc2ccccc2c(C(=O)NC(C)C)c1OCNC(=O)/C=C/C(=O)O. The van der Waals surface area contributed by atoms with Gasteiger partial charge in [0.15, 0.2) is 12.5 Å². The summed E-state index contributed by atoms with van der Waals surface area (Å²) >= 11 is 0. The predicted molar refractivity (Wildman–Crippen MR) is 111 cm³/mol. The maximum atomic E-state index is 12.7. The molecule has 1 aromatic heterocycles. The lowest BCUT2D eigenvalue weighted by atomic mass is 10.1. The molecule has 2 amide bonds. The smallest absolute Gasteiger partial charge is 0.328 e. The second-order valence-corrected chi connectivity index (χ2v) is 6.05. The van der Waals surface area contributed by atoms with Gasteiger partial charge in [-0.05, 0) is 26.8 Å². The molecule has 0 aliphatic carbocycles. The van der Waals surface area contributed by atoms with Gasteiger partial charge in [0.25, 0.3) is 5.91 Å². The van der Waals surface area contributed by atoms with Crippen LogP contribution in [0.25, 0.3) is 10.9 Å². The number of rotatable bonds is 7. The van der Waals surface area contributed by atoms with E-state index in [2.05, 4.69) is 15.6 Å². The van der Waals surface area contributed by atoms with Crippen molar-refractivity contribution in [1.29, 1.82) is 0 Å². The Morgan fingerprint density at radius 1 is 1.17 bits per heavy atom. The number of para-hydroxylation sites is 1. The second-order valence-electron chi connectivity index (χ2n) is 6.05. The number of aliphatic carboxylic acids is 1. The molecule has 8 nitrogen and oxygen atoms in total. The Morgan fingerprint density at radius 3 is 2.45 bits per heavy atom. The number of hydrogen-bond acceptors (Lipinski definition) is 5. The molecule has 0 unspecified atom stereocenters. The number of fused-ring (bicyclic) bond motifs is 1. The molecule has 29 heavy (non-hydrogen) atoms. The number of carbonyl (C=O) groups excluding carboxylic acids is 2. The van der Waals surface area contributed by atoms with Crippen molar-refractivity contribution in [3.63, 3.8) is 0 Å². The number of nitrogens with one attached hydrogen (secondary N) is 2. The zero-order chi connectivity index (χ0) is 22.0.